The Labute approximate surface area is 269 Å². The lowest BCUT2D eigenvalue weighted by Crippen LogP contribution is -2.74. The first-order valence-electron chi connectivity index (χ1n) is 16.5. The Balaban J connectivity index is 2.13. The van der Waals surface area contributed by atoms with E-state index in [-0.39, 0.29) is 10.7 Å². The van der Waals surface area contributed by atoms with Crippen LogP contribution in [0.3, 0.4) is 0 Å². The van der Waals surface area contributed by atoms with Crippen LogP contribution in [0.1, 0.15) is 87.5 Å². The highest BCUT2D eigenvalue weighted by atomic mass is 28.3. The van der Waals surface area contributed by atoms with Crippen LogP contribution in [0.15, 0.2) is 115 Å². The molecule has 0 spiro atoms. The smallest absolute Gasteiger partial charge is 0.400 e. The van der Waals surface area contributed by atoms with E-state index in [2.05, 4.69) is 158 Å². The predicted molar refractivity (Wildman–Crippen MR) is 194 cm³/mol. The van der Waals surface area contributed by atoms with Gasteiger partial charge in [0.1, 0.15) is 0 Å². The van der Waals surface area contributed by atoms with Crippen LogP contribution in [0.25, 0.3) is 0 Å². The normalized spacial score (nSPS) is 17.6. The quantitative estimate of drug-likeness (QED) is 0.119. The third-order valence-corrected chi connectivity index (χ3v) is 16.1. The molecule has 1 aliphatic rings. The Hall–Kier alpha value is -2.86. The summed E-state index contributed by atoms with van der Waals surface area (Å²) < 4.78 is 13.7. The lowest BCUT2D eigenvalue weighted by Gasteiger charge is -2.51. The SMILES string of the molecule is C=CC/C(B1OC(C)(C)C(C)(C)O1)=C(/CCCCC)C(Nc1ccccc1)[Si](c1ccccc1)(c1ccccc1)C(C)(C)C. The Bertz CT molecular complexity index is 1320. The van der Waals surface area contributed by atoms with Crippen LogP contribution in [-0.2, 0) is 9.31 Å². The summed E-state index contributed by atoms with van der Waals surface area (Å²) in [4.78, 5) is 0. The van der Waals surface area contributed by atoms with E-state index < -0.39 is 26.4 Å². The molecule has 0 aliphatic carbocycles. The number of unbranched alkanes of at least 4 members (excludes halogenated alkanes) is 2. The van der Waals surface area contributed by atoms with Crippen molar-refractivity contribution in [3.05, 3.63) is 115 Å². The molecule has 1 saturated heterocycles. The Kier molecular flexibility index (Phi) is 10.9. The van der Waals surface area contributed by atoms with Gasteiger partial charge in [0, 0.05) is 11.4 Å². The van der Waals surface area contributed by atoms with Gasteiger partial charge in [-0.1, -0.05) is 141 Å². The van der Waals surface area contributed by atoms with Crippen LogP contribution in [0.5, 0.6) is 0 Å². The summed E-state index contributed by atoms with van der Waals surface area (Å²) in [6, 6.07) is 33.4. The first-order chi connectivity index (χ1) is 20.9. The Morgan fingerprint density at radius 2 is 1.30 bits per heavy atom. The standard InChI is InChI=1S/C39H54BNO2Si/c1-10-12-16-30-34(35(23-11-2)40-42-38(6,7)39(8,9)43-40)36(41-31-24-17-13-18-25-31)44(37(3,4)5,32-26-19-14-20-27-32)33-28-21-15-22-29-33/h11,13-15,17-22,24-29,36,41H,2,10,12,16,23,30H2,1,3-9H3/b35-34+. The number of nitrogens with one attached hydrogen (secondary N) is 1. The van der Waals surface area contributed by atoms with E-state index in [1.807, 2.05) is 6.08 Å². The molecule has 1 atom stereocenters. The number of benzene rings is 3. The molecule has 3 nitrogen and oxygen atoms in total. The first kappa shape index (κ1) is 34.0. The molecular weight excluding hydrogens is 553 g/mol. The van der Waals surface area contributed by atoms with Crippen LogP contribution in [0.4, 0.5) is 5.69 Å². The van der Waals surface area contributed by atoms with Gasteiger partial charge in [0.05, 0.1) is 11.2 Å². The van der Waals surface area contributed by atoms with Crippen molar-refractivity contribution in [2.75, 3.05) is 5.32 Å². The van der Waals surface area contributed by atoms with Gasteiger partial charge in [-0.3, -0.25) is 0 Å². The van der Waals surface area contributed by atoms with Crippen LogP contribution in [0.2, 0.25) is 5.04 Å². The zero-order chi connectivity index (χ0) is 32.0. The molecule has 1 N–H and O–H groups in total. The van der Waals surface area contributed by atoms with Crippen molar-refractivity contribution in [3.8, 4) is 0 Å². The molecule has 0 bridgehead atoms. The average molecular weight is 608 g/mol. The van der Waals surface area contributed by atoms with Crippen LogP contribution >= 0.6 is 0 Å². The molecule has 0 amide bonds. The van der Waals surface area contributed by atoms with E-state index >= 15 is 0 Å². The first-order valence-corrected chi connectivity index (χ1v) is 18.6. The topological polar surface area (TPSA) is 30.5 Å². The fourth-order valence-electron chi connectivity index (χ4n) is 6.93. The van der Waals surface area contributed by atoms with Crippen molar-refractivity contribution in [1.29, 1.82) is 0 Å². The minimum Gasteiger partial charge on any atom is -0.400 e. The van der Waals surface area contributed by atoms with Gasteiger partial charge in [-0.15, -0.1) is 6.58 Å². The van der Waals surface area contributed by atoms with E-state index in [1.165, 1.54) is 27.8 Å². The number of hydrogen-bond donors (Lipinski definition) is 1. The van der Waals surface area contributed by atoms with E-state index in [0.29, 0.717) is 6.42 Å². The molecule has 1 fully saturated rings. The summed E-state index contributed by atoms with van der Waals surface area (Å²) >= 11 is 0. The molecule has 234 valence electrons. The summed E-state index contributed by atoms with van der Waals surface area (Å²) in [5, 5.41) is 7.00. The number of allylic oxidation sites excluding steroid dienone is 2. The Morgan fingerprint density at radius 1 is 0.818 bits per heavy atom. The lowest BCUT2D eigenvalue weighted by molar-refractivity contribution is 0.00578. The monoisotopic (exact) mass is 607 g/mol. The van der Waals surface area contributed by atoms with Gasteiger partial charge in [0.25, 0.3) is 0 Å². The maximum absolute atomic E-state index is 6.84. The molecule has 0 radical (unpaired) electrons. The number of hydrogen-bond acceptors (Lipinski definition) is 3. The highest BCUT2D eigenvalue weighted by Crippen LogP contribution is 2.45. The summed E-state index contributed by atoms with van der Waals surface area (Å²) in [6.45, 7) is 22.5. The van der Waals surface area contributed by atoms with Crippen molar-refractivity contribution in [2.24, 2.45) is 0 Å². The predicted octanol–water partition coefficient (Wildman–Crippen LogP) is 9.15. The van der Waals surface area contributed by atoms with Gasteiger partial charge >= 0.3 is 7.12 Å². The van der Waals surface area contributed by atoms with Gasteiger partial charge < -0.3 is 14.6 Å². The lowest BCUT2D eigenvalue weighted by atomic mass is 9.72. The minimum absolute atomic E-state index is 0.0283. The summed E-state index contributed by atoms with van der Waals surface area (Å²) in [5.74, 6) is 0. The number of anilines is 1. The largest absolute Gasteiger partial charge is 0.490 e. The van der Waals surface area contributed by atoms with E-state index in [4.69, 9.17) is 9.31 Å². The van der Waals surface area contributed by atoms with Crippen molar-refractivity contribution in [3.63, 3.8) is 0 Å². The second-order valence-corrected chi connectivity index (χ2v) is 19.2. The van der Waals surface area contributed by atoms with Crippen molar-refractivity contribution >= 4 is 31.3 Å². The fourth-order valence-corrected chi connectivity index (χ4v) is 13.2. The van der Waals surface area contributed by atoms with Gasteiger partial charge in [0.15, 0.2) is 8.07 Å². The molecule has 4 rings (SSSR count). The van der Waals surface area contributed by atoms with Gasteiger partial charge in [-0.2, -0.15) is 0 Å². The van der Waals surface area contributed by atoms with E-state index in [0.717, 1.165) is 24.9 Å². The number of para-hydroxylation sites is 1. The molecule has 44 heavy (non-hydrogen) atoms. The number of rotatable bonds is 13. The molecule has 3 aromatic carbocycles. The van der Waals surface area contributed by atoms with Gasteiger partial charge in [-0.05, 0) is 69.6 Å². The highest BCUT2D eigenvalue weighted by Gasteiger charge is 2.57. The van der Waals surface area contributed by atoms with Crippen LogP contribution < -0.4 is 15.7 Å². The zero-order valence-electron chi connectivity index (χ0n) is 28.5. The summed E-state index contributed by atoms with van der Waals surface area (Å²) in [7, 11) is -3.15. The molecule has 3 aromatic rings. The van der Waals surface area contributed by atoms with Crippen molar-refractivity contribution in [1.82, 2.24) is 0 Å². The van der Waals surface area contributed by atoms with Crippen molar-refractivity contribution < 1.29 is 9.31 Å². The molecule has 0 aromatic heterocycles. The van der Waals surface area contributed by atoms with E-state index in [1.54, 1.807) is 0 Å². The molecular formula is C39H54BNO2Si. The molecule has 1 unspecified atom stereocenters. The fraction of sp³-hybridized carbons (Fsp3) is 0.436. The van der Waals surface area contributed by atoms with Crippen LogP contribution in [0, 0.1) is 0 Å². The molecule has 1 aliphatic heterocycles. The highest BCUT2D eigenvalue weighted by molar-refractivity contribution is 7.06. The third kappa shape index (κ3) is 6.86. The van der Waals surface area contributed by atoms with Gasteiger partial charge in [-0.25, -0.2) is 0 Å². The Morgan fingerprint density at radius 3 is 1.73 bits per heavy atom. The molecule has 5 heteroatoms. The molecule has 0 saturated carbocycles. The van der Waals surface area contributed by atoms with Crippen molar-refractivity contribution in [2.45, 2.75) is 109 Å². The summed E-state index contributed by atoms with van der Waals surface area (Å²) in [6.07, 6.45) is 7.16. The van der Waals surface area contributed by atoms with Crippen LogP contribution in [-0.4, -0.2) is 32.1 Å². The van der Waals surface area contributed by atoms with E-state index in [9.17, 15) is 0 Å². The van der Waals surface area contributed by atoms with Gasteiger partial charge in [0.2, 0.25) is 0 Å². The zero-order valence-corrected chi connectivity index (χ0v) is 29.5. The molecule has 1 heterocycles. The second kappa shape index (κ2) is 14.1. The maximum Gasteiger partial charge on any atom is 0.490 e. The third-order valence-electron chi connectivity index (χ3n) is 9.87. The summed E-state index contributed by atoms with van der Waals surface area (Å²) in [5.41, 5.74) is 2.92. The average Bonchev–Trinajstić information content (AvgIpc) is 3.21. The maximum atomic E-state index is 6.84. The second-order valence-electron chi connectivity index (χ2n) is 14.3. The minimum atomic E-state index is -2.71.